The van der Waals surface area contributed by atoms with Gasteiger partial charge < -0.3 is 10.1 Å². The normalized spacial score (nSPS) is 11.5. The van der Waals surface area contributed by atoms with E-state index in [0.717, 1.165) is 17.0 Å². The van der Waals surface area contributed by atoms with Crippen molar-refractivity contribution in [3.8, 4) is 11.8 Å². The third-order valence-electron chi connectivity index (χ3n) is 3.51. The van der Waals surface area contributed by atoms with Crippen LogP contribution >= 0.6 is 11.8 Å². The zero-order valence-electron chi connectivity index (χ0n) is 14.8. The quantitative estimate of drug-likeness (QED) is 0.790. The van der Waals surface area contributed by atoms with Crippen LogP contribution in [0.3, 0.4) is 0 Å². The fourth-order valence-electron chi connectivity index (χ4n) is 2.29. The number of benzene rings is 1. The molecule has 0 saturated carbocycles. The summed E-state index contributed by atoms with van der Waals surface area (Å²) in [6, 6.07) is 11.3. The molecule has 0 spiro atoms. The third-order valence-corrected chi connectivity index (χ3v) is 4.60. The molecule has 1 N–H and O–H groups in total. The second kappa shape index (κ2) is 8.54. The number of carbonyl (C=O) groups is 1. The van der Waals surface area contributed by atoms with Crippen molar-refractivity contribution in [2.75, 3.05) is 11.9 Å². The van der Waals surface area contributed by atoms with E-state index >= 15 is 0 Å². The molecule has 0 aliphatic rings. The Morgan fingerprint density at radius 2 is 2.04 bits per heavy atom. The molecule has 0 saturated heterocycles. The summed E-state index contributed by atoms with van der Waals surface area (Å²) in [7, 11) is 0. The minimum absolute atomic E-state index is 0.140. The van der Waals surface area contributed by atoms with Crippen molar-refractivity contribution in [3.63, 3.8) is 0 Å². The molecule has 5 nitrogen and oxygen atoms in total. The van der Waals surface area contributed by atoms with Gasteiger partial charge in [0.25, 0.3) is 0 Å². The summed E-state index contributed by atoms with van der Waals surface area (Å²) in [6.07, 6.45) is 0. The van der Waals surface area contributed by atoms with Crippen LogP contribution < -0.4 is 10.1 Å². The minimum Gasteiger partial charge on any atom is -0.494 e. The van der Waals surface area contributed by atoms with Crippen LogP contribution in [0.4, 0.5) is 5.69 Å². The Labute approximate surface area is 152 Å². The molecule has 2 aromatic rings. The Bertz CT molecular complexity index is 798. The molecule has 0 radical (unpaired) electrons. The number of rotatable bonds is 6. The highest BCUT2D eigenvalue weighted by Gasteiger charge is 2.19. The van der Waals surface area contributed by atoms with Crippen LogP contribution in [0, 0.1) is 25.2 Å². The Morgan fingerprint density at radius 1 is 1.36 bits per heavy atom. The van der Waals surface area contributed by atoms with Crippen LogP contribution in [0.5, 0.6) is 5.75 Å². The SMILES string of the molecule is CCOc1ccc(NC(=O)C(C)Sc2nc(C)cc(C)c2C#N)cc1. The molecule has 0 fully saturated rings. The van der Waals surface area contributed by atoms with Gasteiger partial charge in [0, 0.05) is 11.4 Å². The number of anilines is 1. The average molecular weight is 355 g/mol. The van der Waals surface area contributed by atoms with E-state index in [0.29, 0.717) is 22.9 Å². The van der Waals surface area contributed by atoms with Crippen LogP contribution in [-0.2, 0) is 4.79 Å². The topological polar surface area (TPSA) is 75.0 Å². The van der Waals surface area contributed by atoms with Gasteiger partial charge in [0.15, 0.2) is 0 Å². The number of nitrogens with one attached hydrogen (secondary N) is 1. The van der Waals surface area contributed by atoms with Crippen LogP contribution in [0.15, 0.2) is 35.4 Å². The highest BCUT2D eigenvalue weighted by molar-refractivity contribution is 8.00. The van der Waals surface area contributed by atoms with E-state index in [4.69, 9.17) is 4.74 Å². The first-order valence-electron chi connectivity index (χ1n) is 8.03. The molecule has 130 valence electrons. The van der Waals surface area contributed by atoms with Gasteiger partial charge in [0.1, 0.15) is 16.8 Å². The molecule has 25 heavy (non-hydrogen) atoms. The Morgan fingerprint density at radius 3 is 2.64 bits per heavy atom. The number of thioether (sulfide) groups is 1. The van der Waals surface area contributed by atoms with E-state index in [1.807, 2.05) is 39.0 Å². The number of aromatic nitrogens is 1. The van der Waals surface area contributed by atoms with Gasteiger partial charge in [-0.05, 0) is 63.6 Å². The molecular formula is C19H21N3O2S. The van der Waals surface area contributed by atoms with Gasteiger partial charge in [0.2, 0.25) is 5.91 Å². The summed E-state index contributed by atoms with van der Waals surface area (Å²) in [5.41, 5.74) is 2.93. The Kier molecular flexibility index (Phi) is 6.43. The summed E-state index contributed by atoms with van der Waals surface area (Å²) in [5.74, 6) is 0.625. The minimum atomic E-state index is -0.382. The molecule has 1 heterocycles. The van der Waals surface area contributed by atoms with Crippen LogP contribution in [0.1, 0.15) is 30.7 Å². The molecule has 1 atom stereocenters. The van der Waals surface area contributed by atoms with Gasteiger partial charge in [-0.2, -0.15) is 5.26 Å². The summed E-state index contributed by atoms with van der Waals surface area (Å²) in [4.78, 5) is 16.8. The van der Waals surface area contributed by atoms with Crippen molar-refractivity contribution >= 4 is 23.4 Å². The summed E-state index contributed by atoms with van der Waals surface area (Å²) < 4.78 is 5.38. The number of hydrogen-bond donors (Lipinski definition) is 1. The van der Waals surface area contributed by atoms with E-state index in [2.05, 4.69) is 16.4 Å². The molecule has 1 amide bonds. The molecule has 2 rings (SSSR count). The van der Waals surface area contributed by atoms with Gasteiger partial charge in [-0.3, -0.25) is 4.79 Å². The van der Waals surface area contributed by atoms with Crippen molar-refractivity contribution in [2.45, 2.75) is 38.0 Å². The maximum Gasteiger partial charge on any atom is 0.237 e. The zero-order valence-corrected chi connectivity index (χ0v) is 15.6. The molecule has 0 aliphatic carbocycles. The number of nitriles is 1. The third kappa shape index (κ3) is 4.97. The van der Waals surface area contributed by atoms with E-state index in [1.165, 1.54) is 11.8 Å². The molecule has 6 heteroatoms. The number of aryl methyl sites for hydroxylation is 2. The molecular weight excluding hydrogens is 334 g/mol. The van der Waals surface area contributed by atoms with E-state index < -0.39 is 0 Å². The average Bonchev–Trinajstić information content (AvgIpc) is 2.56. The maximum atomic E-state index is 12.4. The molecule has 0 aliphatic heterocycles. The van der Waals surface area contributed by atoms with Crippen LogP contribution in [-0.4, -0.2) is 22.7 Å². The highest BCUT2D eigenvalue weighted by atomic mass is 32.2. The predicted octanol–water partition coefficient (Wildman–Crippen LogP) is 4.09. The molecule has 1 aromatic carbocycles. The van der Waals surface area contributed by atoms with Gasteiger partial charge in [-0.25, -0.2) is 4.98 Å². The predicted molar refractivity (Wildman–Crippen MR) is 100.0 cm³/mol. The molecule has 0 bridgehead atoms. The molecule has 1 aromatic heterocycles. The number of pyridine rings is 1. The highest BCUT2D eigenvalue weighted by Crippen LogP contribution is 2.28. The Balaban J connectivity index is 2.07. The van der Waals surface area contributed by atoms with E-state index in [1.54, 1.807) is 19.1 Å². The van der Waals surface area contributed by atoms with Crippen LogP contribution in [0.25, 0.3) is 0 Å². The summed E-state index contributed by atoms with van der Waals surface area (Å²) >= 11 is 1.29. The smallest absolute Gasteiger partial charge is 0.237 e. The number of ether oxygens (including phenoxy) is 1. The summed E-state index contributed by atoms with van der Waals surface area (Å²) in [6.45, 7) is 8.08. The van der Waals surface area contributed by atoms with Crippen molar-refractivity contribution in [1.29, 1.82) is 5.26 Å². The van der Waals surface area contributed by atoms with E-state index in [-0.39, 0.29) is 11.2 Å². The number of carbonyl (C=O) groups excluding carboxylic acids is 1. The first kappa shape index (κ1) is 18.8. The zero-order chi connectivity index (χ0) is 18.4. The number of hydrogen-bond acceptors (Lipinski definition) is 5. The summed E-state index contributed by atoms with van der Waals surface area (Å²) in [5, 5.41) is 12.4. The van der Waals surface area contributed by atoms with Gasteiger partial charge in [-0.15, -0.1) is 0 Å². The number of nitrogens with zero attached hydrogens (tertiary/aromatic N) is 2. The first-order valence-corrected chi connectivity index (χ1v) is 8.91. The lowest BCUT2D eigenvalue weighted by atomic mass is 10.1. The fraction of sp³-hybridized carbons (Fsp3) is 0.316. The largest absolute Gasteiger partial charge is 0.494 e. The lowest BCUT2D eigenvalue weighted by molar-refractivity contribution is -0.115. The Hall–Kier alpha value is -2.52. The van der Waals surface area contributed by atoms with Gasteiger partial charge in [-0.1, -0.05) is 11.8 Å². The van der Waals surface area contributed by atoms with Crippen molar-refractivity contribution in [3.05, 3.63) is 47.2 Å². The second-order valence-corrected chi connectivity index (χ2v) is 6.91. The fourth-order valence-corrected chi connectivity index (χ4v) is 3.31. The number of amides is 1. The monoisotopic (exact) mass is 355 g/mol. The standard InChI is InChI=1S/C19H21N3O2S/c1-5-24-16-8-6-15(7-9-16)22-18(23)14(4)25-19-17(11-20)12(2)10-13(3)21-19/h6-10,14H,5H2,1-4H3,(H,22,23). The van der Waals surface area contributed by atoms with Crippen molar-refractivity contribution in [2.24, 2.45) is 0 Å². The lowest BCUT2D eigenvalue weighted by Gasteiger charge is -2.14. The van der Waals surface area contributed by atoms with E-state index in [9.17, 15) is 10.1 Å². The van der Waals surface area contributed by atoms with Gasteiger partial charge >= 0.3 is 0 Å². The van der Waals surface area contributed by atoms with Crippen molar-refractivity contribution < 1.29 is 9.53 Å². The first-order chi connectivity index (χ1) is 11.9. The maximum absolute atomic E-state index is 12.4. The van der Waals surface area contributed by atoms with Crippen molar-refractivity contribution in [1.82, 2.24) is 4.98 Å². The lowest BCUT2D eigenvalue weighted by Crippen LogP contribution is -2.22. The van der Waals surface area contributed by atoms with Crippen LogP contribution in [0.2, 0.25) is 0 Å². The molecule has 1 unspecified atom stereocenters. The second-order valence-electron chi connectivity index (χ2n) is 5.58. The van der Waals surface area contributed by atoms with Gasteiger partial charge in [0.05, 0.1) is 17.4 Å².